The smallest absolute Gasteiger partial charge is 0.417 e. The number of nitrogens with one attached hydrogen (secondary N) is 1. The van der Waals surface area contributed by atoms with E-state index in [1.807, 2.05) is 18.2 Å². The fourth-order valence-corrected chi connectivity index (χ4v) is 3.77. The van der Waals surface area contributed by atoms with Gasteiger partial charge in [0.15, 0.2) is 0 Å². The average Bonchev–Trinajstić information content (AvgIpc) is 3.01. The first-order valence-electron chi connectivity index (χ1n) is 9.65. The van der Waals surface area contributed by atoms with Gasteiger partial charge >= 0.3 is 12.3 Å². The maximum Gasteiger partial charge on any atom is 0.417 e. The van der Waals surface area contributed by atoms with Gasteiger partial charge in [0.25, 0.3) is 0 Å². The van der Waals surface area contributed by atoms with Gasteiger partial charge < -0.3 is 15.5 Å². The lowest BCUT2D eigenvalue weighted by atomic mass is 10.0. The molecule has 1 amide bonds. The minimum atomic E-state index is -4.61. The molecule has 0 radical (unpaired) electrons. The number of rotatable bonds is 4. The molecule has 1 aliphatic rings. The highest BCUT2D eigenvalue weighted by atomic mass is 19.4. The average molecular weight is 444 g/mol. The minimum Gasteiger partial charge on any atom is -0.464 e. The lowest BCUT2D eigenvalue weighted by Gasteiger charge is -2.20. The molecule has 3 N–H and O–H groups in total. The number of nitrogens with zero attached hydrogens (tertiary/aromatic N) is 3. The van der Waals surface area contributed by atoms with Crippen LogP contribution in [0.5, 0.6) is 0 Å². The van der Waals surface area contributed by atoms with Gasteiger partial charge in [-0.3, -0.25) is 0 Å². The standard InChI is InChI=1S/C22H19F3N4O3/c1-21(32)10-13-5-6-16(7-14(13)11-21)28-18-9-19(27-12-26-18)29(20(30)31)17-4-2-3-15(8-17)22(23,24)25/h2-9,12,32H,10-11H2,1H3,(H,30,31)(H,26,27,28). The summed E-state index contributed by atoms with van der Waals surface area (Å²) in [4.78, 5) is 20.5. The summed E-state index contributed by atoms with van der Waals surface area (Å²) in [6.45, 7) is 1.77. The van der Waals surface area contributed by atoms with E-state index in [9.17, 15) is 28.2 Å². The van der Waals surface area contributed by atoms with E-state index in [-0.39, 0.29) is 17.3 Å². The highest BCUT2D eigenvalue weighted by molar-refractivity contribution is 5.94. The van der Waals surface area contributed by atoms with E-state index in [0.717, 1.165) is 35.7 Å². The largest absolute Gasteiger partial charge is 0.464 e. The molecule has 4 rings (SSSR count). The van der Waals surface area contributed by atoms with Gasteiger partial charge in [-0.05, 0) is 48.4 Å². The normalized spacial score (nSPS) is 17.7. The summed E-state index contributed by atoms with van der Waals surface area (Å²) in [6.07, 6.45) is -3.91. The number of aromatic nitrogens is 2. The summed E-state index contributed by atoms with van der Waals surface area (Å²) in [7, 11) is 0. The zero-order valence-corrected chi connectivity index (χ0v) is 16.9. The summed E-state index contributed by atoms with van der Waals surface area (Å²) < 4.78 is 39.2. The third-order valence-electron chi connectivity index (χ3n) is 5.13. The second kappa shape index (κ2) is 7.79. The Bertz CT molecular complexity index is 1180. The van der Waals surface area contributed by atoms with Crippen molar-refractivity contribution in [3.8, 4) is 0 Å². The molecule has 3 aromatic rings. The van der Waals surface area contributed by atoms with Gasteiger partial charge in [-0.2, -0.15) is 13.2 Å². The fourth-order valence-electron chi connectivity index (χ4n) is 3.77. The lowest BCUT2D eigenvalue weighted by Crippen LogP contribution is -2.25. The van der Waals surface area contributed by atoms with Gasteiger partial charge in [-0.25, -0.2) is 19.7 Å². The van der Waals surface area contributed by atoms with E-state index >= 15 is 0 Å². The third kappa shape index (κ3) is 4.50. The van der Waals surface area contributed by atoms with Crippen LogP contribution in [0.3, 0.4) is 0 Å². The maximum atomic E-state index is 13.1. The van der Waals surface area contributed by atoms with Crippen LogP contribution in [-0.4, -0.2) is 31.9 Å². The molecule has 10 heteroatoms. The number of carboxylic acid groups (broad SMARTS) is 1. The van der Waals surface area contributed by atoms with Crippen molar-refractivity contribution in [3.63, 3.8) is 0 Å². The Balaban J connectivity index is 1.63. The Labute approximate surface area is 181 Å². The molecule has 1 aromatic heterocycles. The molecule has 0 saturated carbocycles. The zero-order chi connectivity index (χ0) is 23.1. The Morgan fingerprint density at radius 3 is 2.56 bits per heavy atom. The van der Waals surface area contributed by atoms with Crippen LogP contribution < -0.4 is 10.2 Å². The van der Waals surface area contributed by atoms with Crippen LogP contribution >= 0.6 is 0 Å². The number of halogens is 3. The van der Waals surface area contributed by atoms with Crippen LogP contribution in [0.4, 0.5) is 41.0 Å². The molecular formula is C22H19F3N4O3. The van der Waals surface area contributed by atoms with Crippen molar-refractivity contribution in [2.24, 2.45) is 0 Å². The summed E-state index contributed by atoms with van der Waals surface area (Å²) in [6, 6.07) is 10.9. The van der Waals surface area contributed by atoms with Gasteiger partial charge in [0.05, 0.1) is 16.9 Å². The van der Waals surface area contributed by atoms with Gasteiger partial charge in [-0.1, -0.05) is 12.1 Å². The zero-order valence-electron chi connectivity index (χ0n) is 16.9. The van der Waals surface area contributed by atoms with Crippen LogP contribution in [0.25, 0.3) is 0 Å². The van der Waals surface area contributed by atoms with E-state index in [0.29, 0.717) is 23.4 Å². The highest BCUT2D eigenvalue weighted by Gasteiger charge is 2.32. The third-order valence-corrected chi connectivity index (χ3v) is 5.13. The van der Waals surface area contributed by atoms with Gasteiger partial charge in [-0.15, -0.1) is 0 Å². The summed E-state index contributed by atoms with van der Waals surface area (Å²) in [5.74, 6) is 0.149. The van der Waals surface area contributed by atoms with Crippen molar-refractivity contribution < 1.29 is 28.2 Å². The fraction of sp³-hybridized carbons (Fsp3) is 0.227. The van der Waals surface area contributed by atoms with E-state index in [1.165, 1.54) is 12.1 Å². The van der Waals surface area contributed by atoms with Crippen molar-refractivity contribution in [1.29, 1.82) is 0 Å². The molecule has 0 fully saturated rings. The molecule has 0 bridgehead atoms. The molecular weight excluding hydrogens is 425 g/mol. The van der Waals surface area contributed by atoms with Gasteiger partial charge in [0.2, 0.25) is 0 Å². The number of fused-ring (bicyclic) bond motifs is 1. The molecule has 1 aliphatic carbocycles. The predicted molar refractivity (Wildman–Crippen MR) is 111 cm³/mol. The molecule has 2 aromatic carbocycles. The summed E-state index contributed by atoms with van der Waals surface area (Å²) in [5, 5.41) is 23.0. The Kier molecular flexibility index (Phi) is 5.25. The number of hydrogen-bond acceptors (Lipinski definition) is 5. The first-order chi connectivity index (χ1) is 15.0. The van der Waals surface area contributed by atoms with Crippen molar-refractivity contribution in [2.45, 2.75) is 31.5 Å². The van der Waals surface area contributed by atoms with Crippen LogP contribution in [0, 0.1) is 0 Å². The first kappa shape index (κ1) is 21.6. The molecule has 0 spiro atoms. The second-order valence-electron chi connectivity index (χ2n) is 7.89. The highest BCUT2D eigenvalue weighted by Crippen LogP contribution is 2.35. The molecule has 7 nitrogen and oxygen atoms in total. The quantitative estimate of drug-likeness (QED) is 0.529. The van der Waals surface area contributed by atoms with E-state index in [4.69, 9.17) is 0 Å². The van der Waals surface area contributed by atoms with Crippen molar-refractivity contribution >= 4 is 29.1 Å². The predicted octanol–water partition coefficient (Wildman–Crippen LogP) is 4.90. The lowest BCUT2D eigenvalue weighted by molar-refractivity contribution is -0.137. The number of benzene rings is 2. The van der Waals surface area contributed by atoms with Crippen molar-refractivity contribution in [3.05, 3.63) is 71.5 Å². The van der Waals surface area contributed by atoms with Crippen LogP contribution in [0.15, 0.2) is 54.9 Å². The molecule has 32 heavy (non-hydrogen) atoms. The number of anilines is 4. The number of hydrogen-bond donors (Lipinski definition) is 3. The molecule has 0 saturated heterocycles. The number of amides is 1. The van der Waals surface area contributed by atoms with E-state index in [1.54, 1.807) is 6.92 Å². The summed E-state index contributed by atoms with van der Waals surface area (Å²) in [5.41, 5.74) is 0.748. The van der Waals surface area contributed by atoms with Gasteiger partial charge in [0.1, 0.15) is 18.0 Å². The monoisotopic (exact) mass is 444 g/mol. The number of carbonyl (C=O) groups is 1. The molecule has 1 heterocycles. The molecule has 1 atom stereocenters. The van der Waals surface area contributed by atoms with Crippen molar-refractivity contribution in [1.82, 2.24) is 9.97 Å². The van der Waals surface area contributed by atoms with Crippen LogP contribution in [-0.2, 0) is 19.0 Å². The molecule has 0 aliphatic heterocycles. The first-order valence-corrected chi connectivity index (χ1v) is 9.65. The maximum absolute atomic E-state index is 13.1. The van der Waals surface area contributed by atoms with Gasteiger partial charge in [0, 0.05) is 24.6 Å². The number of aliphatic hydroxyl groups is 1. The van der Waals surface area contributed by atoms with Crippen molar-refractivity contribution in [2.75, 3.05) is 10.2 Å². The number of alkyl halides is 3. The van der Waals surface area contributed by atoms with E-state index in [2.05, 4.69) is 15.3 Å². The van der Waals surface area contributed by atoms with Crippen LogP contribution in [0.1, 0.15) is 23.6 Å². The molecule has 1 unspecified atom stereocenters. The van der Waals surface area contributed by atoms with Crippen LogP contribution in [0.2, 0.25) is 0 Å². The molecule has 166 valence electrons. The Morgan fingerprint density at radius 1 is 1.09 bits per heavy atom. The Hall–Kier alpha value is -3.66. The SMILES string of the molecule is CC1(O)Cc2ccc(Nc3cc(N(C(=O)O)c4cccc(C(F)(F)F)c4)ncn3)cc2C1. The summed E-state index contributed by atoms with van der Waals surface area (Å²) >= 11 is 0. The second-order valence-corrected chi connectivity index (χ2v) is 7.89. The van der Waals surface area contributed by atoms with E-state index < -0.39 is 23.4 Å². The minimum absolute atomic E-state index is 0.113. The Morgan fingerprint density at radius 2 is 1.84 bits per heavy atom. The topological polar surface area (TPSA) is 98.6 Å².